The van der Waals surface area contributed by atoms with Gasteiger partial charge in [0.25, 0.3) is 5.91 Å². The Morgan fingerprint density at radius 3 is 2.58 bits per heavy atom. The number of aryl methyl sites for hydroxylation is 2. The number of nitrogens with one attached hydrogen (secondary N) is 1. The first-order valence-corrected chi connectivity index (χ1v) is 6.93. The fourth-order valence-corrected chi connectivity index (χ4v) is 2.49. The second kappa shape index (κ2) is 6.02. The van der Waals surface area contributed by atoms with Crippen LogP contribution in [0.25, 0.3) is 0 Å². The lowest BCUT2D eigenvalue weighted by Gasteiger charge is -2.31. The van der Waals surface area contributed by atoms with Gasteiger partial charge < -0.3 is 9.80 Å². The number of rotatable bonds is 3. The summed E-state index contributed by atoms with van der Waals surface area (Å²) in [5.41, 5.74) is 3.23. The van der Waals surface area contributed by atoms with Crippen LogP contribution in [0.5, 0.6) is 0 Å². The highest BCUT2D eigenvalue weighted by Crippen LogP contribution is 2.12. The number of amides is 1. The van der Waals surface area contributed by atoms with Crippen LogP contribution >= 0.6 is 0 Å². The maximum atomic E-state index is 12.4. The van der Waals surface area contributed by atoms with Crippen molar-refractivity contribution < 1.29 is 9.69 Å². The molecule has 0 aromatic heterocycles. The van der Waals surface area contributed by atoms with E-state index in [-0.39, 0.29) is 5.91 Å². The van der Waals surface area contributed by atoms with Gasteiger partial charge in [0.1, 0.15) is 0 Å². The van der Waals surface area contributed by atoms with E-state index in [0.29, 0.717) is 0 Å². The normalized spacial score (nSPS) is 16.4. The molecule has 0 radical (unpaired) electrons. The first-order chi connectivity index (χ1) is 9.11. The summed E-state index contributed by atoms with van der Waals surface area (Å²) in [6, 6.07) is 5.97. The van der Waals surface area contributed by atoms with Crippen LogP contribution in [-0.2, 0) is 0 Å². The number of nitrogens with zero attached hydrogens (tertiary/aromatic N) is 1. The zero-order valence-corrected chi connectivity index (χ0v) is 11.9. The molecule has 0 bridgehead atoms. The molecule has 0 unspecified atom stereocenters. The molecule has 1 fully saturated rings. The van der Waals surface area contributed by atoms with E-state index in [1.807, 2.05) is 29.2 Å². The monoisotopic (exact) mass is 259 g/mol. The molecule has 19 heavy (non-hydrogen) atoms. The van der Waals surface area contributed by atoms with Crippen LogP contribution in [0.4, 0.5) is 0 Å². The van der Waals surface area contributed by atoms with Crippen molar-refractivity contribution in [3.8, 4) is 0 Å². The van der Waals surface area contributed by atoms with Crippen molar-refractivity contribution in [2.75, 3.05) is 32.7 Å². The predicted molar refractivity (Wildman–Crippen MR) is 77.6 cm³/mol. The van der Waals surface area contributed by atoms with E-state index < -0.39 is 0 Å². The molecule has 1 aromatic rings. The van der Waals surface area contributed by atoms with Crippen molar-refractivity contribution in [2.45, 2.75) is 13.8 Å². The number of carbonyl (C=O) groups excluding carboxylic acids is 1. The molecule has 1 saturated heterocycles. The van der Waals surface area contributed by atoms with Gasteiger partial charge in [-0.2, -0.15) is 0 Å². The molecule has 1 aromatic carbocycles. The molecule has 2 rings (SSSR count). The lowest BCUT2D eigenvalue weighted by Crippen LogP contribution is -3.14. The standard InChI is InChI=1S/C16H22N2O/c1-4-7-17-8-10-18(11-9-17)16(19)15-6-5-13(2)14(3)12-15/h4-6,12H,1,7-11H2,2-3H3/p+1. The van der Waals surface area contributed by atoms with Gasteiger partial charge in [-0.1, -0.05) is 12.6 Å². The molecule has 3 nitrogen and oxygen atoms in total. The summed E-state index contributed by atoms with van der Waals surface area (Å²) in [6.45, 7) is 12.6. The van der Waals surface area contributed by atoms with Crippen LogP contribution < -0.4 is 4.90 Å². The third-order valence-electron chi connectivity index (χ3n) is 3.94. The summed E-state index contributed by atoms with van der Waals surface area (Å²) in [5, 5.41) is 0. The molecule has 1 aliphatic heterocycles. The van der Waals surface area contributed by atoms with Gasteiger partial charge >= 0.3 is 0 Å². The largest absolute Gasteiger partial charge is 0.329 e. The topological polar surface area (TPSA) is 24.8 Å². The number of hydrogen-bond acceptors (Lipinski definition) is 1. The van der Waals surface area contributed by atoms with Crippen molar-refractivity contribution in [2.24, 2.45) is 0 Å². The van der Waals surface area contributed by atoms with Crippen molar-refractivity contribution >= 4 is 5.91 Å². The Hall–Kier alpha value is -1.61. The zero-order valence-electron chi connectivity index (χ0n) is 11.9. The second-order valence-electron chi connectivity index (χ2n) is 5.33. The molecule has 0 saturated carbocycles. The Morgan fingerprint density at radius 2 is 2.00 bits per heavy atom. The van der Waals surface area contributed by atoms with E-state index in [4.69, 9.17) is 0 Å². The lowest BCUT2D eigenvalue weighted by atomic mass is 10.1. The van der Waals surface area contributed by atoms with Gasteiger partial charge in [-0.05, 0) is 43.2 Å². The van der Waals surface area contributed by atoms with Crippen molar-refractivity contribution in [1.82, 2.24) is 4.90 Å². The van der Waals surface area contributed by atoms with E-state index in [2.05, 4.69) is 20.4 Å². The summed E-state index contributed by atoms with van der Waals surface area (Å²) in [5.74, 6) is 0.167. The Labute approximate surface area is 115 Å². The van der Waals surface area contributed by atoms with Crippen molar-refractivity contribution in [1.29, 1.82) is 0 Å². The molecule has 0 atom stereocenters. The summed E-state index contributed by atoms with van der Waals surface area (Å²) in [7, 11) is 0. The quantitative estimate of drug-likeness (QED) is 0.799. The molecule has 102 valence electrons. The highest BCUT2D eigenvalue weighted by atomic mass is 16.2. The van der Waals surface area contributed by atoms with E-state index in [1.165, 1.54) is 16.0 Å². The third-order valence-corrected chi connectivity index (χ3v) is 3.94. The molecule has 3 heteroatoms. The minimum absolute atomic E-state index is 0.167. The van der Waals surface area contributed by atoms with Gasteiger partial charge in [-0.25, -0.2) is 0 Å². The van der Waals surface area contributed by atoms with Crippen LogP contribution in [0.2, 0.25) is 0 Å². The number of benzene rings is 1. The van der Waals surface area contributed by atoms with Crippen LogP contribution in [0.15, 0.2) is 30.9 Å². The van der Waals surface area contributed by atoms with E-state index in [1.54, 1.807) is 0 Å². The number of piperazine rings is 1. The molecule has 1 aliphatic rings. The SMILES string of the molecule is C=CC[NH+]1CCN(C(=O)c2ccc(C)c(C)c2)CC1. The molecule has 1 amide bonds. The number of hydrogen-bond donors (Lipinski definition) is 1. The van der Waals surface area contributed by atoms with Crippen LogP contribution in [0.1, 0.15) is 21.5 Å². The summed E-state index contributed by atoms with van der Waals surface area (Å²) < 4.78 is 0. The van der Waals surface area contributed by atoms with Crippen LogP contribution in [0, 0.1) is 13.8 Å². The van der Waals surface area contributed by atoms with Gasteiger partial charge in [0.15, 0.2) is 0 Å². The predicted octanol–water partition coefficient (Wildman–Crippen LogP) is 0.830. The minimum Gasteiger partial charge on any atom is -0.329 e. The maximum Gasteiger partial charge on any atom is 0.254 e. The van der Waals surface area contributed by atoms with E-state index in [9.17, 15) is 4.79 Å². The van der Waals surface area contributed by atoms with Gasteiger partial charge in [0, 0.05) is 5.56 Å². The van der Waals surface area contributed by atoms with Crippen LogP contribution in [0.3, 0.4) is 0 Å². The smallest absolute Gasteiger partial charge is 0.254 e. The van der Waals surface area contributed by atoms with Crippen molar-refractivity contribution in [3.05, 3.63) is 47.5 Å². The molecule has 0 spiro atoms. The van der Waals surface area contributed by atoms with Gasteiger partial charge in [-0.3, -0.25) is 4.79 Å². The van der Waals surface area contributed by atoms with Crippen LogP contribution in [-0.4, -0.2) is 43.5 Å². The van der Waals surface area contributed by atoms with Gasteiger partial charge in [0.05, 0.1) is 32.7 Å². The lowest BCUT2D eigenvalue weighted by molar-refractivity contribution is -0.898. The van der Waals surface area contributed by atoms with E-state index >= 15 is 0 Å². The van der Waals surface area contributed by atoms with Gasteiger partial charge in [-0.15, -0.1) is 0 Å². The number of carbonyl (C=O) groups is 1. The van der Waals surface area contributed by atoms with Crippen molar-refractivity contribution in [3.63, 3.8) is 0 Å². The average molecular weight is 259 g/mol. The molecule has 1 N–H and O–H groups in total. The molecule has 0 aliphatic carbocycles. The Morgan fingerprint density at radius 1 is 1.32 bits per heavy atom. The van der Waals surface area contributed by atoms with E-state index in [0.717, 1.165) is 38.3 Å². The molecule has 1 heterocycles. The highest BCUT2D eigenvalue weighted by Gasteiger charge is 2.23. The zero-order chi connectivity index (χ0) is 13.8. The third kappa shape index (κ3) is 3.24. The van der Waals surface area contributed by atoms with Gasteiger partial charge in [0.2, 0.25) is 0 Å². The fraction of sp³-hybridized carbons (Fsp3) is 0.438. The highest BCUT2D eigenvalue weighted by molar-refractivity contribution is 5.94. The summed E-state index contributed by atoms with van der Waals surface area (Å²) in [6.07, 6.45) is 1.95. The molecular weight excluding hydrogens is 236 g/mol. The second-order valence-corrected chi connectivity index (χ2v) is 5.33. The first-order valence-electron chi connectivity index (χ1n) is 6.93. The average Bonchev–Trinajstić information content (AvgIpc) is 2.42. The first kappa shape index (κ1) is 13.8. The summed E-state index contributed by atoms with van der Waals surface area (Å²) >= 11 is 0. The summed E-state index contributed by atoms with van der Waals surface area (Å²) in [4.78, 5) is 15.9. The number of quaternary nitrogens is 1. The Kier molecular flexibility index (Phi) is 4.38. The Bertz CT molecular complexity index is 474. The maximum absolute atomic E-state index is 12.4. The minimum atomic E-state index is 0.167. The fourth-order valence-electron chi connectivity index (χ4n) is 2.49. The Balaban J connectivity index is 2.01. The molecular formula is C16H23N2O+.